The summed E-state index contributed by atoms with van der Waals surface area (Å²) in [5, 5.41) is 0. The summed E-state index contributed by atoms with van der Waals surface area (Å²) in [5.74, 6) is 0. The van der Waals surface area contributed by atoms with Gasteiger partial charge >= 0.3 is 0 Å². The monoisotopic (exact) mass is 256 g/mol. The van der Waals surface area contributed by atoms with Gasteiger partial charge < -0.3 is 10.5 Å². The zero-order chi connectivity index (χ0) is 12.8. The molecule has 2 rings (SSSR count). The minimum Gasteiger partial charge on any atom is -0.374 e. The lowest BCUT2D eigenvalue weighted by molar-refractivity contribution is -0.0466. The van der Waals surface area contributed by atoms with Crippen LogP contribution in [0.25, 0.3) is 0 Å². The predicted molar refractivity (Wildman–Crippen MR) is 73.8 cm³/mol. The molecule has 0 aliphatic carbocycles. The largest absolute Gasteiger partial charge is 0.374 e. The van der Waals surface area contributed by atoms with Gasteiger partial charge in [0.05, 0.1) is 12.7 Å². The van der Waals surface area contributed by atoms with Gasteiger partial charge in [-0.3, -0.25) is 14.7 Å². The topological polar surface area (TPSA) is 45.0 Å². The van der Waals surface area contributed by atoms with Crippen molar-refractivity contribution >= 4 is 0 Å². The molecular weight excluding hydrogens is 228 g/mol. The van der Waals surface area contributed by atoms with Crippen molar-refractivity contribution in [2.75, 3.05) is 72.1 Å². The number of piperazine rings is 1. The Labute approximate surface area is 111 Å². The van der Waals surface area contributed by atoms with Gasteiger partial charge in [-0.05, 0) is 6.54 Å². The normalized spacial score (nSPS) is 28.7. The first-order chi connectivity index (χ1) is 8.81. The van der Waals surface area contributed by atoms with E-state index in [9.17, 15) is 0 Å². The Morgan fingerprint density at radius 1 is 1.06 bits per heavy atom. The van der Waals surface area contributed by atoms with Crippen molar-refractivity contribution in [1.82, 2.24) is 14.7 Å². The van der Waals surface area contributed by atoms with Crippen molar-refractivity contribution in [1.29, 1.82) is 0 Å². The van der Waals surface area contributed by atoms with Crippen molar-refractivity contribution in [2.45, 2.75) is 13.0 Å². The maximum atomic E-state index is 5.87. The fraction of sp³-hybridized carbons (Fsp3) is 1.00. The number of rotatable bonds is 5. The molecule has 1 atom stereocenters. The lowest BCUT2D eigenvalue weighted by atomic mass is 10.2. The zero-order valence-electron chi connectivity index (χ0n) is 11.7. The van der Waals surface area contributed by atoms with Crippen LogP contribution in [0.5, 0.6) is 0 Å². The smallest absolute Gasteiger partial charge is 0.0829 e. The van der Waals surface area contributed by atoms with Crippen molar-refractivity contribution in [3.8, 4) is 0 Å². The molecule has 2 fully saturated rings. The fourth-order valence-corrected chi connectivity index (χ4v) is 2.84. The molecule has 0 aromatic heterocycles. The number of likely N-dealkylation sites (N-methyl/N-ethyl adjacent to an activating group) is 1. The first-order valence-electron chi connectivity index (χ1n) is 7.30. The number of ether oxygens (including phenoxy) is 1. The molecule has 1 unspecified atom stereocenters. The van der Waals surface area contributed by atoms with E-state index in [1.54, 1.807) is 0 Å². The van der Waals surface area contributed by atoms with Crippen LogP contribution in [0.1, 0.15) is 6.92 Å². The molecule has 2 N–H and O–H groups in total. The summed E-state index contributed by atoms with van der Waals surface area (Å²) in [6, 6.07) is 0. The Morgan fingerprint density at radius 3 is 2.44 bits per heavy atom. The molecule has 0 aromatic carbocycles. The van der Waals surface area contributed by atoms with Crippen LogP contribution >= 0.6 is 0 Å². The maximum absolute atomic E-state index is 5.87. The van der Waals surface area contributed by atoms with Crippen LogP contribution in [0.2, 0.25) is 0 Å². The zero-order valence-corrected chi connectivity index (χ0v) is 11.7. The highest BCUT2D eigenvalue weighted by atomic mass is 16.5. The Balaban J connectivity index is 1.67. The fourth-order valence-electron chi connectivity index (χ4n) is 2.84. The van der Waals surface area contributed by atoms with Crippen LogP contribution in [0.4, 0.5) is 0 Å². The highest BCUT2D eigenvalue weighted by Gasteiger charge is 2.23. The molecule has 0 aromatic rings. The van der Waals surface area contributed by atoms with E-state index in [-0.39, 0.29) is 0 Å². The molecule has 18 heavy (non-hydrogen) atoms. The van der Waals surface area contributed by atoms with Gasteiger partial charge in [0.25, 0.3) is 0 Å². The standard InChI is InChI=1S/C13H28N4O/c1-2-15-9-10-18-13(11-15)12-17-7-5-16(4-3-14)6-8-17/h13H,2-12,14H2,1H3. The van der Waals surface area contributed by atoms with Crippen LogP contribution < -0.4 is 5.73 Å². The molecular formula is C13H28N4O. The third kappa shape index (κ3) is 4.17. The van der Waals surface area contributed by atoms with Crippen LogP contribution in [0, 0.1) is 0 Å². The highest BCUT2D eigenvalue weighted by Crippen LogP contribution is 2.09. The molecule has 0 spiro atoms. The summed E-state index contributed by atoms with van der Waals surface area (Å²) in [6.07, 6.45) is 0.403. The van der Waals surface area contributed by atoms with Gasteiger partial charge in [0.1, 0.15) is 0 Å². The molecule has 5 heteroatoms. The molecule has 2 heterocycles. The quantitative estimate of drug-likeness (QED) is 0.704. The van der Waals surface area contributed by atoms with E-state index in [2.05, 4.69) is 21.6 Å². The van der Waals surface area contributed by atoms with Gasteiger partial charge in [0.15, 0.2) is 0 Å². The summed E-state index contributed by atoms with van der Waals surface area (Å²) in [5.41, 5.74) is 5.59. The molecule has 2 aliphatic rings. The summed E-state index contributed by atoms with van der Waals surface area (Å²) in [6.45, 7) is 14.0. The van der Waals surface area contributed by atoms with Crippen molar-refractivity contribution in [3.05, 3.63) is 0 Å². The summed E-state index contributed by atoms with van der Waals surface area (Å²) >= 11 is 0. The average Bonchev–Trinajstić information content (AvgIpc) is 2.42. The Kier molecular flexibility index (Phi) is 5.85. The van der Waals surface area contributed by atoms with Crippen LogP contribution in [0.3, 0.4) is 0 Å². The van der Waals surface area contributed by atoms with Gasteiger partial charge in [-0.1, -0.05) is 6.92 Å². The SMILES string of the molecule is CCN1CCOC(CN2CCN(CCN)CC2)C1. The van der Waals surface area contributed by atoms with Crippen LogP contribution in [-0.4, -0.2) is 92.9 Å². The predicted octanol–water partition coefficient (Wildman–Crippen LogP) is -0.717. The molecule has 0 amide bonds. The second-order valence-corrected chi connectivity index (χ2v) is 5.32. The van der Waals surface area contributed by atoms with Crippen molar-refractivity contribution < 1.29 is 4.74 Å². The van der Waals surface area contributed by atoms with Crippen molar-refractivity contribution in [2.24, 2.45) is 5.73 Å². The summed E-state index contributed by atoms with van der Waals surface area (Å²) < 4.78 is 5.87. The molecule has 0 radical (unpaired) electrons. The lowest BCUT2D eigenvalue weighted by Gasteiger charge is -2.39. The molecule has 0 saturated carbocycles. The Hall–Kier alpha value is -0.200. The van der Waals surface area contributed by atoms with Gasteiger partial charge in [0.2, 0.25) is 0 Å². The van der Waals surface area contributed by atoms with E-state index in [4.69, 9.17) is 10.5 Å². The molecule has 5 nitrogen and oxygen atoms in total. The van der Waals surface area contributed by atoms with E-state index >= 15 is 0 Å². The van der Waals surface area contributed by atoms with Gasteiger partial charge in [0, 0.05) is 58.9 Å². The first-order valence-corrected chi connectivity index (χ1v) is 7.30. The third-order valence-corrected chi connectivity index (χ3v) is 4.04. The van der Waals surface area contributed by atoms with Crippen molar-refractivity contribution in [3.63, 3.8) is 0 Å². The number of nitrogens with two attached hydrogens (primary N) is 1. The van der Waals surface area contributed by atoms with E-state index in [0.29, 0.717) is 6.10 Å². The van der Waals surface area contributed by atoms with Crippen LogP contribution in [-0.2, 0) is 4.74 Å². The average molecular weight is 256 g/mol. The molecule has 0 bridgehead atoms. The number of nitrogens with zero attached hydrogens (tertiary/aromatic N) is 3. The van der Waals surface area contributed by atoms with E-state index in [1.165, 1.54) is 0 Å². The number of hydrogen-bond acceptors (Lipinski definition) is 5. The van der Waals surface area contributed by atoms with E-state index < -0.39 is 0 Å². The minimum atomic E-state index is 0.403. The maximum Gasteiger partial charge on any atom is 0.0829 e. The van der Waals surface area contributed by atoms with Gasteiger partial charge in [-0.25, -0.2) is 0 Å². The lowest BCUT2D eigenvalue weighted by Crippen LogP contribution is -2.53. The molecule has 2 saturated heterocycles. The number of morpholine rings is 1. The first kappa shape index (κ1) is 14.2. The highest BCUT2D eigenvalue weighted by molar-refractivity contribution is 4.78. The number of hydrogen-bond donors (Lipinski definition) is 1. The summed E-state index contributed by atoms with van der Waals surface area (Å²) in [7, 11) is 0. The van der Waals surface area contributed by atoms with Gasteiger partial charge in [-0.15, -0.1) is 0 Å². The second-order valence-electron chi connectivity index (χ2n) is 5.32. The summed E-state index contributed by atoms with van der Waals surface area (Å²) in [4.78, 5) is 7.48. The Morgan fingerprint density at radius 2 is 1.78 bits per heavy atom. The minimum absolute atomic E-state index is 0.403. The third-order valence-electron chi connectivity index (χ3n) is 4.04. The van der Waals surface area contributed by atoms with E-state index in [1.807, 2.05) is 0 Å². The van der Waals surface area contributed by atoms with Gasteiger partial charge in [-0.2, -0.15) is 0 Å². The van der Waals surface area contributed by atoms with E-state index in [0.717, 1.165) is 72.1 Å². The molecule has 2 aliphatic heterocycles. The molecule has 106 valence electrons. The second kappa shape index (κ2) is 7.40. The Bertz CT molecular complexity index is 231. The van der Waals surface area contributed by atoms with Crippen LogP contribution in [0.15, 0.2) is 0 Å².